The molecule has 1 unspecified atom stereocenters. The van der Waals surface area contributed by atoms with Gasteiger partial charge in [0.2, 0.25) is 11.5 Å². The predicted octanol–water partition coefficient (Wildman–Crippen LogP) is 6.27. The summed E-state index contributed by atoms with van der Waals surface area (Å²) in [5, 5.41) is -1.16. The highest BCUT2D eigenvalue weighted by Gasteiger charge is 2.60. The van der Waals surface area contributed by atoms with Crippen molar-refractivity contribution in [2.24, 2.45) is 0 Å². The van der Waals surface area contributed by atoms with Crippen molar-refractivity contribution in [3.63, 3.8) is 0 Å². The Bertz CT molecular complexity index is 1120. The van der Waals surface area contributed by atoms with Crippen LogP contribution in [0.2, 0.25) is 10.0 Å². The Hall–Kier alpha value is -2.36. The van der Waals surface area contributed by atoms with Crippen LogP contribution in [0.5, 0.6) is 0 Å². The molecule has 0 aromatic heterocycles. The Balaban J connectivity index is 1.61. The van der Waals surface area contributed by atoms with Gasteiger partial charge in [-0.3, -0.25) is 15.1 Å². The van der Waals surface area contributed by atoms with Crippen LogP contribution in [0, 0.1) is 5.82 Å². The number of carbonyl (C=O) groups is 1. The van der Waals surface area contributed by atoms with Crippen molar-refractivity contribution in [3.05, 3.63) is 75.0 Å². The van der Waals surface area contributed by atoms with E-state index >= 15 is 4.39 Å². The summed E-state index contributed by atoms with van der Waals surface area (Å²) >= 11 is 11.4. The monoisotopic (exact) mass is 520 g/mol. The maximum absolute atomic E-state index is 15.2. The molecule has 2 aromatic carbocycles. The summed E-state index contributed by atoms with van der Waals surface area (Å²) in [6.07, 6.45) is -3.14. The molecule has 34 heavy (non-hydrogen) atoms. The summed E-state index contributed by atoms with van der Waals surface area (Å²) in [5.74, 6) is -1.16. The lowest BCUT2D eigenvalue weighted by atomic mass is 9.86. The van der Waals surface area contributed by atoms with Crippen molar-refractivity contribution in [1.29, 1.82) is 0 Å². The summed E-state index contributed by atoms with van der Waals surface area (Å²) in [4.78, 5) is 18.3. The Kier molecular flexibility index (Phi) is 6.33. The number of benzene rings is 2. The molecule has 0 saturated carbocycles. The van der Waals surface area contributed by atoms with Gasteiger partial charge < -0.3 is 4.90 Å². The van der Waals surface area contributed by atoms with Crippen molar-refractivity contribution in [2.75, 3.05) is 13.1 Å². The first-order valence-corrected chi connectivity index (χ1v) is 11.1. The van der Waals surface area contributed by atoms with E-state index in [4.69, 9.17) is 28.0 Å². The van der Waals surface area contributed by atoms with E-state index in [0.29, 0.717) is 24.0 Å². The van der Waals surface area contributed by atoms with Crippen molar-refractivity contribution in [3.8, 4) is 0 Å². The van der Waals surface area contributed by atoms with E-state index in [2.05, 4.69) is 5.48 Å². The number of halogens is 7. The summed E-state index contributed by atoms with van der Waals surface area (Å²) in [6.45, 7) is 1.72. The first-order valence-electron chi connectivity index (χ1n) is 10.4. The summed E-state index contributed by atoms with van der Waals surface area (Å²) in [5.41, 5.74) is -2.35. The normalized spacial score (nSPS) is 21.6. The van der Waals surface area contributed by atoms with Crippen LogP contribution in [-0.2, 0) is 20.9 Å². The van der Waals surface area contributed by atoms with Crippen LogP contribution in [0.3, 0.4) is 0 Å². The number of amides is 1. The van der Waals surface area contributed by atoms with Gasteiger partial charge in [-0.1, -0.05) is 54.4 Å². The summed E-state index contributed by atoms with van der Waals surface area (Å²) in [7, 11) is 0. The molecule has 0 spiro atoms. The minimum atomic E-state index is -4.95. The molecule has 1 N–H and O–H groups in total. The lowest BCUT2D eigenvalue weighted by molar-refractivity contribution is -0.269. The van der Waals surface area contributed by atoms with Crippen molar-refractivity contribution < 1.29 is 31.6 Å². The first-order chi connectivity index (χ1) is 15.9. The molecule has 182 valence electrons. The molecule has 0 aliphatic carbocycles. The standard InChI is InChI=1S/C23H19Cl2F5N2O2/c1-2-3-19(33)32-11-21(27,12-32)14-6-4-13(5-7-14)18-10-22(34-31-18,23(28,29)30)15-8-16(24)20(26)17(25)9-15/h4-10,31H,2-3,11-12H2,1H3. The largest absolute Gasteiger partial charge is 0.428 e. The number of rotatable bonds is 5. The molecule has 0 bridgehead atoms. The Morgan fingerprint density at radius 2 is 1.71 bits per heavy atom. The molecule has 1 saturated heterocycles. The second-order valence-corrected chi connectivity index (χ2v) is 9.11. The van der Waals surface area contributed by atoms with E-state index in [-0.39, 0.29) is 24.7 Å². The number of nitrogens with one attached hydrogen (secondary N) is 1. The number of nitrogens with zero attached hydrogens (tertiary/aromatic N) is 1. The Labute approximate surface area is 202 Å². The topological polar surface area (TPSA) is 41.6 Å². The van der Waals surface area contributed by atoms with Gasteiger partial charge in [-0.05, 0) is 35.8 Å². The number of hydrogen-bond acceptors (Lipinski definition) is 3. The summed E-state index contributed by atoms with van der Waals surface area (Å²) in [6, 6.07) is 7.42. The van der Waals surface area contributed by atoms with Crippen LogP contribution in [-0.4, -0.2) is 30.1 Å². The highest BCUT2D eigenvalue weighted by molar-refractivity contribution is 6.35. The van der Waals surface area contributed by atoms with E-state index in [1.807, 2.05) is 6.92 Å². The zero-order chi connectivity index (χ0) is 24.9. The number of likely N-dealkylation sites (tertiary alicyclic amines) is 1. The first kappa shape index (κ1) is 24.8. The molecular weight excluding hydrogens is 502 g/mol. The minimum absolute atomic E-state index is 0.0262. The third-order valence-electron chi connectivity index (χ3n) is 5.92. The highest BCUT2D eigenvalue weighted by Crippen LogP contribution is 2.48. The van der Waals surface area contributed by atoms with Crippen LogP contribution >= 0.6 is 23.2 Å². The fourth-order valence-corrected chi connectivity index (χ4v) is 4.48. The quantitative estimate of drug-likeness (QED) is 0.373. The number of alkyl halides is 4. The molecule has 2 aliphatic heterocycles. The second-order valence-electron chi connectivity index (χ2n) is 8.29. The molecular formula is C23H19Cl2F5N2O2. The average Bonchev–Trinajstić information content (AvgIpc) is 3.22. The van der Waals surface area contributed by atoms with Gasteiger partial charge in [0, 0.05) is 12.0 Å². The Morgan fingerprint density at radius 1 is 1.12 bits per heavy atom. The van der Waals surface area contributed by atoms with Gasteiger partial charge in [0.15, 0.2) is 11.5 Å². The number of carbonyl (C=O) groups excluding carboxylic acids is 1. The molecule has 2 heterocycles. The second kappa shape index (κ2) is 8.70. The lowest BCUT2D eigenvalue weighted by Gasteiger charge is -2.44. The number of hydrogen-bond donors (Lipinski definition) is 1. The van der Waals surface area contributed by atoms with Crippen molar-refractivity contribution in [2.45, 2.75) is 37.2 Å². The molecule has 1 amide bonds. The summed E-state index contributed by atoms with van der Waals surface area (Å²) < 4.78 is 71.3. The molecule has 4 rings (SSSR count). The van der Waals surface area contributed by atoms with Crippen molar-refractivity contribution >= 4 is 34.8 Å². The number of hydroxylamine groups is 1. The zero-order valence-corrected chi connectivity index (χ0v) is 19.3. The third-order valence-corrected chi connectivity index (χ3v) is 6.47. The van der Waals surface area contributed by atoms with Gasteiger partial charge in [0.1, 0.15) is 0 Å². The van der Waals surface area contributed by atoms with Crippen LogP contribution in [0.4, 0.5) is 22.0 Å². The van der Waals surface area contributed by atoms with Crippen LogP contribution < -0.4 is 5.48 Å². The van der Waals surface area contributed by atoms with Crippen LogP contribution in [0.25, 0.3) is 5.70 Å². The molecule has 1 fully saturated rings. The average molecular weight is 521 g/mol. The smallest absolute Gasteiger partial charge is 0.335 e. The Morgan fingerprint density at radius 3 is 2.24 bits per heavy atom. The van der Waals surface area contributed by atoms with Crippen LogP contribution in [0.1, 0.15) is 36.5 Å². The SMILES string of the molecule is CCCC(=O)N1CC(F)(c2ccc(C3=CC(c4cc(Cl)c(F)c(Cl)c4)(C(F)(F)F)ON3)cc2)C1. The fourth-order valence-electron chi connectivity index (χ4n) is 3.99. The van der Waals surface area contributed by atoms with E-state index in [0.717, 1.165) is 18.2 Å². The van der Waals surface area contributed by atoms with E-state index < -0.39 is 38.9 Å². The molecule has 1 atom stereocenters. The molecule has 4 nitrogen and oxygen atoms in total. The van der Waals surface area contributed by atoms with Crippen molar-refractivity contribution in [1.82, 2.24) is 10.4 Å². The highest BCUT2D eigenvalue weighted by atomic mass is 35.5. The molecule has 11 heteroatoms. The van der Waals surface area contributed by atoms with Gasteiger partial charge in [-0.25, -0.2) is 8.78 Å². The van der Waals surface area contributed by atoms with E-state index in [1.54, 1.807) is 0 Å². The van der Waals surface area contributed by atoms with Gasteiger partial charge >= 0.3 is 6.18 Å². The molecule has 2 aliphatic rings. The van der Waals surface area contributed by atoms with E-state index in [9.17, 15) is 22.4 Å². The van der Waals surface area contributed by atoms with Gasteiger partial charge in [-0.15, -0.1) is 0 Å². The molecule has 0 radical (unpaired) electrons. The molecule has 2 aromatic rings. The van der Waals surface area contributed by atoms with Gasteiger partial charge in [-0.2, -0.15) is 13.2 Å². The predicted molar refractivity (Wildman–Crippen MR) is 117 cm³/mol. The third kappa shape index (κ3) is 4.14. The fraction of sp³-hybridized carbons (Fsp3) is 0.348. The maximum atomic E-state index is 15.2. The maximum Gasteiger partial charge on any atom is 0.428 e. The minimum Gasteiger partial charge on any atom is -0.335 e. The van der Waals surface area contributed by atoms with Gasteiger partial charge in [0.05, 0.1) is 28.8 Å². The van der Waals surface area contributed by atoms with Crippen LogP contribution in [0.15, 0.2) is 42.5 Å². The van der Waals surface area contributed by atoms with E-state index in [1.165, 1.54) is 29.2 Å². The zero-order valence-electron chi connectivity index (χ0n) is 17.8. The lowest BCUT2D eigenvalue weighted by Crippen LogP contribution is -2.58. The van der Waals surface area contributed by atoms with Gasteiger partial charge in [0.25, 0.3) is 0 Å².